The summed E-state index contributed by atoms with van der Waals surface area (Å²) < 4.78 is 40.4. The molecule has 8 heteroatoms. The van der Waals surface area contributed by atoms with Crippen LogP contribution in [0.1, 0.15) is 22.7 Å². The topological polar surface area (TPSA) is 6.48 Å². The molecule has 4 rings (SSSR count). The molecule has 1 saturated heterocycles. The predicted molar refractivity (Wildman–Crippen MR) is 125 cm³/mol. The highest BCUT2D eigenvalue weighted by Crippen LogP contribution is 2.38. The van der Waals surface area contributed by atoms with Gasteiger partial charge < -0.3 is 4.90 Å². The summed E-state index contributed by atoms with van der Waals surface area (Å²) in [5.41, 5.74) is 1.53. The van der Waals surface area contributed by atoms with Crippen LogP contribution in [0.3, 0.4) is 0 Å². The summed E-state index contributed by atoms with van der Waals surface area (Å²) >= 11 is 18.6. The maximum Gasteiger partial charge on any atom is 0.416 e. The fourth-order valence-corrected chi connectivity index (χ4v) is 4.77. The van der Waals surface area contributed by atoms with Crippen molar-refractivity contribution in [1.29, 1.82) is 0 Å². The van der Waals surface area contributed by atoms with Gasteiger partial charge in [0.25, 0.3) is 0 Å². The van der Waals surface area contributed by atoms with Gasteiger partial charge in [-0.1, -0.05) is 65.1 Å². The molecule has 32 heavy (non-hydrogen) atoms. The minimum atomic E-state index is -4.38. The van der Waals surface area contributed by atoms with Crippen molar-refractivity contribution in [2.75, 3.05) is 24.5 Å². The average Bonchev–Trinajstić information content (AvgIpc) is 2.74. The first-order chi connectivity index (χ1) is 15.2. The van der Waals surface area contributed by atoms with Crippen LogP contribution in [-0.2, 0) is 12.7 Å². The zero-order valence-electron chi connectivity index (χ0n) is 16.9. The molecule has 1 aliphatic rings. The fourth-order valence-electron chi connectivity index (χ4n) is 4.13. The van der Waals surface area contributed by atoms with Crippen molar-refractivity contribution >= 4 is 40.5 Å². The van der Waals surface area contributed by atoms with Gasteiger partial charge in [0.1, 0.15) is 0 Å². The minimum absolute atomic E-state index is 0.113. The van der Waals surface area contributed by atoms with E-state index in [4.69, 9.17) is 34.8 Å². The summed E-state index contributed by atoms with van der Waals surface area (Å²) in [5, 5.41) is 1.70. The van der Waals surface area contributed by atoms with Crippen molar-refractivity contribution in [1.82, 2.24) is 4.90 Å². The normalized spacial score (nSPS) is 17.6. The molecule has 3 aromatic carbocycles. The smallest absolute Gasteiger partial charge is 0.361 e. The number of nitrogens with zero attached hydrogens (tertiary/aromatic N) is 2. The largest absolute Gasteiger partial charge is 0.416 e. The van der Waals surface area contributed by atoms with Gasteiger partial charge in [-0.3, -0.25) is 4.90 Å². The molecule has 1 atom stereocenters. The first-order valence-corrected chi connectivity index (χ1v) is 11.2. The van der Waals surface area contributed by atoms with Crippen molar-refractivity contribution < 1.29 is 13.2 Å². The lowest BCUT2D eigenvalue weighted by Crippen LogP contribution is -2.48. The van der Waals surface area contributed by atoms with Crippen molar-refractivity contribution in [3.05, 3.63) is 98.5 Å². The molecule has 2 nitrogen and oxygen atoms in total. The number of hydrogen-bond acceptors (Lipinski definition) is 2. The molecule has 0 N–H and O–H groups in total. The third kappa shape index (κ3) is 5.18. The van der Waals surface area contributed by atoms with E-state index < -0.39 is 11.7 Å². The van der Waals surface area contributed by atoms with E-state index in [0.29, 0.717) is 34.7 Å². The van der Waals surface area contributed by atoms with Crippen molar-refractivity contribution in [3.8, 4) is 0 Å². The molecule has 168 valence electrons. The van der Waals surface area contributed by atoms with Gasteiger partial charge in [-0.15, -0.1) is 0 Å². The van der Waals surface area contributed by atoms with E-state index >= 15 is 0 Å². The monoisotopic (exact) mass is 498 g/mol. The lowest BCUT2D eigenvalue weighted by atomic mass is 10.00. The molecule has 0 saturated carbocycles. The van der Waals surface area contributed by atoms with Gasteiger partial charge >= 0.3 is 6.18 Å². The van der Waals surface area contributed by atoms with Crippen molar-refractivity contribution in [2.45, 2.75) is 18.8 Å². The molecule has 0 aromatic heterocycles. The van der Waals surface area contributed by atoms with Crippen LogP contribution < -0.4 is 4.90 Å². The summed E-state index contributed by atoms with van der Waals surface area (Å²) in [7, 11) is 0. The van der Waals surface area contributed by atoms with Gasteiger partial charge in [0.15, 0.2) is 0 Å². The Morgan fingerprint density at radius 2 is 1.53 bits per heavy atom. The van der Waals surface area contributed by atoms with Crippen LogP contribution in [0.15, 0.2) is 66.7 Å². The van der Waals surface area contributed by atoms with E-state index in [0.717, 1.165) is 17.3 Å². The second kappa shape index (κ2) is 9.52. The lowest BCUT2D eigenvalue weighted by molar-refractivity contribution is -0.138. The highest BCUT2D eigenvalue weighted by molar-refractivity contribution is 6.36. The number of alkyl halides is 3. The van der Waals surface area contributed by atoms with Crippen molar-refractivity contribution in [2.24, 2.45) is 0 Å². The Balaban J connectivity index is 1.64. The summed E-state index contributed by atoms with van der Waals surface area (Å²) in [5.74, 6) is 0. The molecular weight excluding hydrogens is 480 g/mol. The van der Waals surface area contributed by atoms with E-state index in [1.807, 2.05) is 35.2 Å². The Morgan fingerprint density at radius 3 is 2.22 bits per heavy atom. The van der Waals surface area contributed by atoms with Gasteiger partial charge in [-0.25, -0.2) is 0 Å². The third-order valence-electron chi connectivity index (χ3n) is 5.66. The second-order valence-corrected chi connectivity index (χ2v) is 9.03. The zero-order valence-corrected chi connectivity index (χ0v) is 19.2. The van der Waals surface area contributed by atoms with Crippen LogP contribution >= 0.6 is 34.8 Å². The van der Waals surface area contributed by atoms with Crippen LogP contribution in [-0.4, -0.2) is 24.5 Å². The number of benzene rings is 3. The van der Waals surface area contributed by atoms with E-state index in [1.54, 1.807) is 24.3 Å². The van der Waals surface area contributed by atoms with Crippen LogP contribution in [0.25, 0.3) is 0 Å². The van der Waals surface area contributed by atoms with Gasteiger partial charge in [0.05, 0.1) is 22.3 Å². The van der Waals surface area contributed by atoms with Crippen LogP contribution in [0.5, 0.6) is 0 Å². The molecule has 1 fully saturated rings. The van der Waals surface area contributed by atoms with Gasteiger partial charge in [-0.05, 0) is 47.5 Å². The Kier molecular flexibility index (Phi) is 6.91. The zero-order chi connectivity index (χ0) is 22.9. The van der Waals surface area contributed by atoms with E-state index in [1.165, 1.54) is 6.07 Å². The molecule has 1 aliphatic heterocycles. The summed E-state index contributed by atoms with van der Waals surface area (Å²) in [6.45, 7) is 1.94. The second-order valence-electron chi connectivity index (χ2n) is 7.75. The highest BCUT2D eigenvalue weighted by Gasteiger charge is 2.35. The molecule has 0 spiro atoms. The van der Waals surface area contributed by atoms with Gasteiger partial charge in [0, 0.05) is 36.2 Å². The Bertz CT molecular complexity index is 1090. The number of anilines is 1. The number of halogens is 6. The minimum Gasteiger partial charge on any atom is -0.361 e. The van der Waals surface area contributed by atoms with Crippen LogP contribution in [0, 0.1) is 0 Å². The lowest BCUT2D eigenvalue weighted by Gasteiger charge is -2.43. The number of hydrogen-bond donors (Lipinski definition) is 0. The van der Waals surface area contributed by atoms with E-state index in [-0.39, 0.29) is 18.2 Å². The summed E-state index contributed by atoms with van der Waals surface area (Å²) in [6, 6.07) is 18.5. The summed E-state index contributed by atoms with van der Waals surface area (Å²) in [6.07, 6.45) is -4.38. The first-order valence-electron chi connectivity index (χ1n) is 10.1. The molecule has 3 aromatic rings. The molecule has 0 amide bonds. The predicted octanol–water partition coefficient (Wildman–Crippen LogP) is 7.73. The third-order valence-corrected chi connectivity index (χ3v) is 6.44. The Morgan fingerprint density at radius 1 is 0.844 bits per heavy atom. The van der Waals surface area contributed by atoms with Crippen LogP contribution in [0.4, 0.5) is 18.9 Å². The molecule has 1 unspecified atom stereocenters. The highest BCUT2D eigenvalue weighted by atomic mass is 35.5. The molecule has 0 bridgehead atoms. The summed E-state index contributed by atoms with van der Waals surface area (Å²) in [4.78, 5) is 4.22. The Labute approximate surface area is 200 Å². The SMILES string of the molecule is FC(F)(F)c1ccccc1CN1CCN(c2ccc(Cl)cc2Cl)C(c2ccc(Cl)cc2)C1. The quantitative estimate of drug-likeness (QED) is 0.362. The number of rotatable bonds is 4. The number of piperazine rings is 1. The van der Waals surface area contributed by atoms with Crippen LogP contribution in [0.2, 0.25) is 15.1 Å². The fraction of sp³-hybridized carbons (Fsp3) is 0.250. The standard InChI is InChI=1S/C24H20Cl3F3N2/c25-18-7-5-16(6-8-18)23-15-31(14-17-3-1-2-4-20(17)24(28,29)30)11-12-32(23)22-10-9-19(26)13-21(22)27/h1-10,13,23H,11-12,14-15H2. The average molecular weight is 500 g/mol. The molecule has 0 aliphatic carbocycles. The van der Waals surface area contributed by atoms with Gasteiger partial charge in [0.2, 0.25) is 0 Å². The molecule has 0 radical (unpaired) electrons. The first kappa shape index (κ1) is 23.2. The maximum atomic E-state index is 13.5. The van der Waals surface area contributed by atoms with Gasteiger partial charge in [-0.2, -0.15) is 13.2 Å². The van der Waals surface area contributed by atoms with Crippen molar-refractivity contribution in [3.63, 3.8) is 0 Å². The molecule has 1 heterocycles. The van der Waals surface area contributed by atoms with E-state index in [9.17, 15) is 13.2 Å². The Hall–Kier alpha value is -1.92. The molecular formula is C24H20Cl3F3N2. The van der Waals surface area contributed by atoms with E-state index in [2.05, 4.69) is 4.90 Å². The maximum absolute atomic E-state index is 13.5.